The molecule has 2 aromatic rings. The molecular weight excluding hydrogens is 371 g/mol. The van der Waals surface area contributed by atoms with Crippen molar-refractivity contribution in [1.29, 1.82) is 0 Å². The number of rotatable bonds is 9. The van der Waals surface area contributed by atoms with Gasteiger partial charge in [0.1, 0.15) is 11.6 Å². The number of nitrogens with zero attached hydrogens (tertiary/aromatic N) is 1. The van der Waals surface area contributed by atoms with Crippen molar-refractivity contribution in [2.45, 2.75) is 24.8 Å². The number of halogens is 1. The van der Waals surface area contributed by atoms with Crippen LogP contribution in [0.2, 0.25) is 0 Å². The lowest BCUT2D eigenvalue weighted by atomic mass is 10.2. The van der Waals surface area contributed by atoms with Gasteiger partial charge in [-0.1, -0.05) is 18.2 Å². The Morgan fingerprint density at radius 3 is 2.44 bits per heavy atom. The molecule has 1 amide bonds. The van der Waals surface area contributed by atoms with E-state index in [1.807, 2.05) is 6.92 Å². The maximum atomic E-state index is 13.6. The van der Waals surface area contributed by atoms with Gasteiger partial charge in [0.25, 0.3) is 0 Å². The SMILES string of the molecule is CCOc1ccc(S(=O)(=O)NCCC(=O)N(C)Cc2ccccc2F)cc1. The van der Waals surface area contributed by atoms with Crippen molar-refractivity contribution in [3.63, 3.8) is 0 Å². The molecule has 0 heterocycles. The quantitative estimate of drug-likeness (QED) is 0.709. The molecule has 0 aromatic heterocycles. The van der Waals surface area contributed by atoms with Gasteiger partial charge in [-0.3, -0.25) is 4.79 Å². The maximum Gasteiger partial charge on any atom is 0.240 e. The highest BCUT2D eigenvalue weighted by Crippen LogP contribution is 2.16. The van der Waals surface area contributed by atoms with Gasteiger partial charge in [0.15, 0.2) is 0 Å². The van der Waals surface area contributed by atoms with Gasteiger partial charge < -0.3 is 9.64 Å². The van der Waals surface area contributed by atoms with Gasteiger partial charge in [0, 0.05) is 32.1 Å². The molecule has 0 aliphatic rings. The number of nitrogens with one attached hydrogen (secondary N) is 1. The van der Waals surface area contributed by atoms with Crippen LogP contribution in [-0.4, -0.2) is 39.4 Å². The molecule has 0 saturated heterocycles. The number of carbonyl (C=O) groups excluding carboxylic acids is 1. The Labute approximate surface area is 159 Å². The standard InChI is InChI=1S/C19H23FN2O4S/c1-3-26-16-8-10-17(11-9-16)27(24,25)21-13-12-19(23)22(2)14-15-6-4-5-7-18(15)20/h4-11,21H,3,12-14H2,1-2H3. The Morgan fingerprint density at radius 1 is 1.15 bits per heavy atom. The van der Waals surface area contributed by atoms with Crippen molar-refractivity contribution >= 4 is 15.9 Å². The van der Waals surface area contributed by atoms with E-state index in [4.69, 9.17) is 4.74 Å². The Bertz CT molecular complexity index is 870. The second-order valence-electron chi connectivity index (χ2n) is 5.89. The van der Waals surface area contributed by atoms with E-state index in [0.29, 0.717) is 17.9 Å². The van der Waals surface area contributed by atoms with Gasteiger partial charge in [0.05, 0.1) is 11.5 Å². The summed E-state index contributed by atoms with van der Waals surface area (Å²) in [4.78, 5) is 13.6. The van der Waals surface area contributed by atoms with Crippen molar-refractivity contribution in [2.24, 2.45) is 0 Å². The van der Waals surface area contributed by atoms with E-state index in [1.165, 1.54) is 23.1 Å². The molecular formula is C19H23FN2O4S. The van der Waals surface area contributed by atoms with E-state index in [-0.39, 0.29) is 36.1 Å². The zero-order valence-electron chi connectivity index (χ0n) is 15.3. The Morgan fingerprint density at radius 2 is 1.81 bits per heavy atom. The third kappa shape index (κ3) is 6.04. The van der Waals surface area contributed by atoms with Crippen LogP contribution >= 0.6 is 0 Å². The molecule has 0 bridgehead atoms. The molecule has 0 radical (unpaired) electrons. The number of amides is 1. The van der Waals surface area contributed by atoms with Gasteiger partial charge >= 0.3 is 0 Å². The topological polar surface area (TPSA) is 75.7 Å². The fourth-order valence-corrected chi connectivity index (χ4v) is 3.45. The zero-order chi connectivity index (χ0) is 19.9. The van der Waals surface area contributed by atoms with Gasteiger partial charge in [0.2, 0.25) is 15.9 Å². The predicted molar refractivity (Wildman–Crippen MR) is 100 cm³/mol. The molecule has 0 unspecified atom stereocenters. The molecule has 0 saturated carbocycles. The summed E-state index contributed by atoms with van der Waals surface area (Å²) >= 11 is 0. The minimum absolute atomic E-state index is 0.0266. The van der Waals surface area contributed by atoms with Crippen molar-refractivity contribution < 1.29 is 22.3 Å². The van der Waals surface area contributed by atoms with Gasteiger partial charge in [-0.25, -0.2) is 17.5 Å². The lowest BCUT2D eigenvalue weighted by Crippen LogP contribution is -2.32. The first-order valence-corrected chi connectivity index (χ1v) is 10.0. The molecule has 0 aliphatic heterocycles. The van der Waals surface area contributed by atoms with Crippen LogP contribution in [0.1, 0.15) is 18.9 Å². The summed E-state index contributed by atoms with van der Waals surface area (Å²) in [7, 11) is -2.16. The monoisotopic (exact) mass is 394 g/mol. The van der Waals surface area contributed by atoms with Crippen LogP contribution in [0, 0.1) is 5.82 Å². The molecule has 0 atom stereocenters. The van der Waals surface area contributed by atoms with Crippen LogP contribution in [0.25, 0.3) is 0 Å². The first-order chi connectivity index (χ1) is 12.8. The average Bonchev–Trinajstić information content (AvgIpc) is 2.64. The van der Waals surface area contributed by atoms with Crippen molar-refractivity contribution in [3.05, 3.63) is 59.9 Å². The predicted octanol–water partition coefficient (Wildman–Crippen LogP) is 2.55. The highest BCUT2D eigenvalue weighted by molar-refractivity contribution is 7.89. The molecule has 2 rings (SSSR count). The van der Waals surface area contributed by atoms with E-state index in [1.54, 1.807) is 37.4 Å². The highest BCUT2D eigenvalue weighted by atomic mass is 32.2. The van der Waals surface area contributed by atoms with E-state index in [0.717, 1.165) is 0 Å². The minimum atomic E-state index is -3.72. The van der Waals surface area contributed by atoms with Crippen LogP contribution in [0.15, 0.2) is 53.4 Å². The summed E-state index contributed by atoms with van der Waals surface area (Å²) in [6.45, 7) is 2.41. The third-order valence-electron chi connectivity index (χ3n) is 3.87. The molecule has 0 aliphatic carbocycles. The lowest BCUT2D eigenvalue weighted by Gasteiger charge is -2.18. The number of benzene rings is 2. The fraction of sp³-hybridized carbons (Fsp3) is 0.316. The second kappa shape index (κ2) is 9.48. The molecule has 0 fully saturated rings. The van der Waals surface area contributed by atoms with Gasteiger partial charge in [-0.15, -0.1) is 0 Å². The largest absolute Gasteiger partial charge is 0.494 e. The van der Waals surface area contributed by atoms with Crippen LogP contribution in [0.5, 0.6) is 5.75 Å². The molecule has 2 aromatic carbocycles. The van der Waals surface area contributed by atoms with Crippen molar-refractivity contribution in [2.75, 3.05) is 20.2 Å². The lowest BCUT2D eigenvalue weighted by molar-refractivity contribution is -0.130. The number of hydrogen-bond donors (Lipinski definition) is 1. The molecule has 146 valence electrons. The van der Waals surface area contributed by atoms with Crippen molar-refractivity contribution in [1.82, 2.24) is 9.62 Å². The molecule has 0 spiro atoms. The normalized spacial score (nSPS) is 11.2. The first-order valence-electron chi connectivity index (χ1n) is 8.53. The average molecular weight is 394 g/mol. The highest BCUT2D eigenvalue weighted by Gasteiger charge is 2.16. The smallest absolute Gasteiger partial charge is 0.240 e. The Balaban J connectivity index is 1.86. The molecule has 1 N–H and O–H groups in total. The first kappa shape index (κ1) is 20.9. The third-order valence-corrected chi connectivity index (χ3v) is 5.34. The number of hydrogen-bond acceptors (Lipinski definition) is 4. The Hall–Kier alpha value is -2.45. The fourth-order valence-electron chi connectivity index (χ4n) is 2.42. The summed E-state index contributed by atoms with van der Waals surface area (Å²) in [6.07, 6.45) is -0.0266. The van der Waals surface area contributed by atoms with E-state index in [2.05, 4.69) is 4.72 Å². The molecule has 8 heteroatoms. The Kier molecular flexibility index (Phi) is 7.32. The van der Waals surface area contributed by atoms with E-state index < -0.39 is 10.0 Å². The van der Waals surface area contributed by atoms with Crippen molar-refractivity contribution in [3.8, 4) is 5.75 Å². The van der Waals surface area contributed by atoms with Crippen LogP contribution in [-0.2, 0) is 21.4 Å². The summed E-state index contributed by atoms with van der Waals surface area (Å²) in [6, 6.07) is 12.3. The molecule has 6 nitrogen and oxygen atoms in total. The maximum absolute atomic E-state index is 13.6. The van der Waals surface area contributed by atoms with E-state index >= 15 is 0 Å². The number of sulfonamides is 1. The molecule has 27 heavy (non-hydrogen) atoms. The van der Waals surface area contributed by atoms with Crippen LogP contribution < -0.4 is 9.46 Å². The van der Waals surface area contributed by atoms with Crippen LogP contribution in [0.4, 0.5) is 4.39 Å². The van der Waals surface area contributed by atoms with E-state index in [9.17, 15) is 17.6 Å². The number of ether oxygens (including phenoxy) is 1. The van der Waals surface area contributed by atoms with Gasteiger partial charge in [-0.2, -0.15) is 0 Å². The summed E-state index contributed by atoms with van der Waals surface area (Å²) in [5.74, 6) is -0.0811. The summed E-state index contributed by atoms with van der Waals surface area (Å²) in [5, 5.41) is 0. The number of carbonyl (C=O) groups is 1. The van der Waals surface area contributed by atoms with Gasteiger partial charge in [-0.05, 0) is 37.3 Å². The minimum Gasteiger partial charge on any atom is -0.494 e. The summed E-state index contributed by atoms with van der Waals surface area (Å²) in [5.41, 5.74) is 0.406. The van der Waals surface area contributed by atoms with Crippen LogP contribution in [0.3, 0.4) is 0 Å². The zero-order valence-corrected chi connectivity index (χ0v) is 16.1. The second-order valence-corrected chi connectivity index (χ2v) is 7.66. The summed E-state index contributed by atoms with van der Waals surface area (Å²) < 4.78 is 45.8.